The molecule has 0 saturated heterocycles. The predicted molar refractivity (Wildman–Crippen MR) is 68.6 cm³/mol. The Hall–Kier alpha value is -0.850. The number of hydrogen-bond donors (Lipinski definition) is 1. The highest BCUT2D eigenvalue weighted by Gasteiger charge is 2.30. The van der Waals surface area contributed by atoms with E-state index >= 15 is 0 Å². The van der Waals surface area contributed by atoms with Crippen molar-refractivity contribution >= 4 is 10.0 Å². The summed E-state index contributed by atoms with van der Waals surface area (Å²) in [5.41, 5.74) is 0.635. The van der Waals surface area contributed by atoms with Crippen LogP contribution in [0.1, 0.15) is 25.5 Å². The van der Waals surface area contributed by atoms with Crippen molar-refractivity contribution in [3.63, 3.8) is 0 Å². The second kappa shape index (κ2) is 5.03. The minimum atomic E-state index is -3.41. The van der Waals surface area contributed by atoms with Crippen molar-refractivity contribution in [2.45, 2.75) is 37.8 Å². The molecular formula is C12H20N2O3S. The van der Waals surface area contributed by atoms with Crippen LogP contribution in [0.25, 0.3) is 0 Å². The van der Waals surface area contributed by atoms with Crippen molar-refractivity contribution < 1.29 is 13.5 Å². The Balaban J connectivity index is 2.25. The highest BCUT2D eigenvalue weighted by atomic mass is 32.2. The average Bonchev–Trinajstić information content (AvgIpc) is 3.04. The number of nitrogens with zero attached hydrogens (tertiary/aromatic N) is 2. The monoisotopic (exact) mass is 272 g/mol. The average molecular weight is 272 g/mol. The molecule has 0 atom stereocenters. The van der Waals surface area contributed by atoms with Crippen molar-refractivity contribution in [1.29, 1.82) is 0 Å². The largest absolute Gasteiger partial charge is 0.390 e. The van der Waals surface area contributed by atoms with Gasteiger partial charge in [-0.1, -0.05) is 0 Å². The summed E-state index contributed by atoms with van der Waals surface area (Å²) in [5, 5.41) is 9.19. The molecule has 0 amide bonds. The molecule has 0 aliphatic heterocycles. The lowest BCUT2D eigenvalue weighted by Gasteiger charge is -2.15. The van der Waals surface area contributed by atoms with E-state index < -0.39 is 10.0 Å². The van der Waals surface area contributed by atoms with Gasteiger partial charge in [0.15, 0.2) is 0 Å². The minimum Gasteiger partial charge on any atom is -0.390 e. The Kier molecular flexibility index (Phi) is 3.79. The molecule has 0 aromatic carbocycles. The maximum Gasteiger partial charge on any atom is 0.244 e. The lowest BCUT2D eigenvalue weighted by Crippen LogP contribution is -2.28. The van der Waals surface area contributed by atoms with E-state index in [9.17, 15) is 13.5 Å². The molecule has 0 bridgehead atoms. The van der Waals surface area contributed by atoms with Crippen molar-refractivity contribution in [2.75, 3.05) is 13.6 Å². The van der Waals surface area contributed by atoms with Crippen LogP contribution in [0.4, 0.5) is 0 Å². The molecule has 18 heavy (non-hydrogen) atoms. The van der Waals surface area contributed by atoms with E-state index in [1.165, 1.54) is 4.31 Å². The van der Waals surface area contributed by atoms with E-state index in [0.29, 0.717) is 24.7 Å². The van der Waals surface area contributed by atoms with E-state index in [2.05, 4.69) is 0 Å². The molecule has 1 heterocycles. The van der Waals surface area contributed by atoms with Gasteiger partial charge in [-0.05, 0) is 31.7 Å². The highest BCUT2D eigenvalue weighted by molar-refractivity contribution is 7.89. The molecule has 1 N–H and O–H groups in total. The van der Waals surface area contributed by atoms with Crippen LogP contribution in [0.15, 0.2) is 17.2 Å². The molecule has 1 fully saturated rings. The van der Waals surface area contributed by atoms with E-state index in [4.69, 9.17) is 0 Å². The van der Waals surface area contributed by atoms with Crippen LogP contribution in [-0.4, -0.2) is 36.0 Å². The van der Waals surface area contributed by atoms with Gasteiger partial charge in [0.1, 0.15) is 4.90 Å². The van der Waals surface area contributed by atoms with E-state index in [0.717, 1.165) is 12.8 Å². The van der Waals surface area contributed by atoms with E-state index in [1.54, 1.807) is 23.9 Å². The number of hydrogen-bond acceptors (Lipinski definition) is 3. The highest BCUT2D eigenvalue weighted by Crippen LogP contribution is 2.31. The molecular weight excluding hydrogens is 252 g/mol. The van der Waals surface area contributed by atoms with Crippen LogP contribution >= 0.6 is 0 Å². The first-order valence-corrected chi connectivity index (χ1v) is 7.69. The molecule has 6 heteroatoms. The molecule has 1 aliphatic carbocycles. The second-order valence-electron chi connectivity index (χ2n) is 4.84. The Morgan fingerprint density at radius 1 is 1.50 bits per heavy atom. The van der Waals surface area contributed by atoms with Gasteiger partial charge in [-0.2, -0.15) is 0 Å². The fourth-order valence-electron chi connectivity index (χ4n) is 2.03. The van der Waals surface area contributed by atoms with Gasteiger partial charge < -0.3 is 9.67 Å². The molecule has 1 aromatic heterocycles. The fourth-order valence-corrected chi connectivity index (χ4v) is 3.35. The first kappa shape index (κ1) is 13.6. The van der Waals surface area contributed by atoms with Crippen LogP contribution in [-0.2, 0) is 23.2 Å². The molecule has 2 rings (SSSR count). The topological polar surface area (TPSA) is 62.5 Å². The van der Waals surface area contributed by atoms with E-state index in [1.807, 2.05) is 6.92 Å². The van der Waals surface area contributed by atoms with Crippen molar-refractivity contribution in [1.82, 2.24) is 8.87 Å². The Labute approximate surface area is 108 Å². The molecule has 0 spiro atoms. The third kappa shape index (κ3) is 2.60. The normalized spacial score (nSPS) is 16.4. The zero-order valence-corrected chi connectivity index (χ0v) is 11.7. The maximum atomic E-state index is 12.3. The molecule has 1 saturated carbocycles. The summed E-state index contributed by atoms with van der Waals surface area (Å²) >= 11 is 0. The second-order valence-corrected chi connectivity index (χ2v) is 6.89. The standard InChI is InChI=1S/C12H20N2O3S/c1-3-14-8-12(6-11(14)9-15)18(16,17)13(2)7-10-4-5-10/h6,8,10,15H,3-5,7,9H2,1-2H3. The molecule has 1 aliphatic rings. The number of aliphatic hydroxyl groups is 1. The summed E-state index contributed by atoms with van der Waals surface area (Å²) in [6.07, 6.45) is 3.85. The molecule has 5 nitrogen and oxygen atoms in total. The summed E-state index contributed by atoms with van der Waals surface area (Å²) in [5.74, 6) is 0.523. The lowest BCUT2D eigenvalue weighted by molar-refractivity contribution is 0.271. The third-order valence-corrected chi connectivity index (χ3v) is 5.17. The number of aromatic nitrogens is 1. The smallest absolute Gasteiger partial charge is 0.244 e. The minimum absolute atomic E-state index is 0.143. The fraction of sp³-hybridized carbons (Fsp3) is 0.667. The summed E-state index contributed by atoms with van der Waals surface area (Å²) in [7, 11) is -1.79. The maximum absolute atomic E-state index is 12.3. The van der Waals surface area contributed by atoms with Crippen LogP contribution in [0.3, 0.4) is 0 Å². The van der Waals surface area contributed by atoms with Gasteiger partial charge >= 0.3 is 0 Å². The van der Waals surface area contributed by atoms with E-state index in [-0.39, 0.29) is 11.5 Å². The summed E-state index contributed by atoms with van der Waals surface area (Å²) < 4.78 is 27.8. The number of aryl methyl sites for hydroxylation is 1. The molecule has 0 unspecified atom stereocenters. The molecule has 1 aromatic rings. The van der Waals surface area contributed by atoms with Crippen LogP contribution in [0, 0.1) is 5.92 Å². The number of aliphatic hydroxyl groups excluding tert-OH is 1. The van der Waals surface area contributed by atoms with Gasteiger partial charge in [0.05, 0.1) is 6.61 Å². The Morgan fingerprint density at radius 3 is 2.61 bits per heavy atom. The van der Waals surface area contributed by atoms with Gasteiger partial charge in [0.25, 0.3) is 0 Å². The Bertz CT molecular complexity index is 496. The number of rotatable bonds is 6. The van der Waals surface area contributed by atoms with Crippen molar-refractivity contribution in [3.05, 3.63) is 18.0 Å². The van der Waals surface area contributed by atoms with Gasteiger partial charge in [-0.15, -0.1) is 0 Å². The summed E-state index contributed by atoms with van der Waals surface area (Å²) in [6, 6.07) is 1.56. The summed E-state index contributed by atoms with van der Waals surface area (Å²) in [6.45, 7) is 3.02. The van der Waals surface area contributed by atoms with Crippen LogP contribution in [0.2, 0.25) is 0 Å². The van der Waals surface area contributed by atoms with Gasteiger partial charge in [-0.3, -0.25) is 0 Å². The van der Waals surface area contributed by atoms with Gasteiger partial charge in [0, 0.05) is 32.0 Å². The first-order valence-electron chi connectivity index (χ1n) is 6.25. The van der Waals surface area contributed by atoms with Crippen LogP contribution in [0.5, 0.6) is 0 Å². The predicted octanol–water partition coefficient (Wildman–Crippen LogP) is 1.03. The third-order valence-electron chi connectivity index (χ3n) is 3.38. The lowest BCUT2D eigenvalue weighted by atomic mass is 10.4. The summed E-state index contributed by atoms with van der Waals surface area (Å²) in [4.78, 5) is 0.275. The Morgan fingerprint density at radius 2 is 2.17 bits per heavy atom. The zero-order valence-electron chi connectivity index (χ0n) is 10.8. The number of sulfonamides is 1. The zero-order chi connectivity index (χ0) is 13.3. The first-order chi connectivity index (χ1) is 8.48. The van der Waals surface area contributed by atoms with Gasteiger partial charge in [0.2, 0.25) is 10.0 Å². The molecule has 0 radical (unpaired) electrons. The molecule has 102 valence electrons. The van der Waals surface area contributed by atoms with Crippen LogP contribution < -0.4 is 0 Å². The SMILES string of the molecule is CCn1cc(S(=O)(=O)N(C)CC2CC2)cc1CO. The quantitative estimate of drug-likeness (QED) is 0.841. The van der Waals surface area contributed by atoms with Crippen molar-refractivity contribution in [3.8, 4) is 0 Å². The van der Waals surface area contributed by atoms with Gasteiger partial charge in [-0.25, -0.2) is 12.7 Å². The van der Waals surface area contributed by atoms with Crippen molar-refractivity contribution in [2.24, 2.45) is 5.92 Å².